The summed E-state index contributed by atoms with van der Waals surface area (Å²) in [6.07, 6.45) is -4.28. The molecule has 0 saturated carbocycles. The molecule has 0 N–H and O–H groups in total. The predicted molar refractivity (Wildman–Crippen MR) is 51.7 cm³/mol. The molecule has 0 bridgehead atoms. The van der Waals surface area contributed by atoms with Gasteiger partial charge in [0.1, 0.15) is 0 Å². The van der Waals surface area contributed by atoms with E-state index < -0.39 is 12.2 Å². The Hall–Kier alpha value is 0.364. The van der Waals surface area contributed by atoms with Gasteiger partial charge in [0.2, 0.25) is 0 Å². The summed E-state index contributed by atoms with van der Waals surface area (Å²) in [5.41, 5.74) is -0.390. The summed E-state index contributed by atoms with van der Waals surface area (Å²) in [6.45, 7) is 7.92. The zero-order chi connectivity index (χ0) is 11.6. The van der Waals surface area contributed by atoms with E-state index in [1.54, 1.807) is 0 Å². The van der Waals surface area contributed by atoms with Crippen LogP contribution in [0.3, 0.4) is 0 Å². The molecule has 0 aliphatic heterocycles. The minimum Gasteiger partial charge on any atom is -0.464 e. The van der Waals surface area contributed by atoms with E-state index in [4.69, 9.17) is 0 Å². The number of hydrogen-bond acceptors (Lipinski definition) is 1. The normalized spacial score (nSPS) is 15.6. The van der Waals surface area contributed by atoms with Crippen molar-refractivity contribution in [3.63, 3.8) is 0 Å². The van der Waals surface area contributed by atoms with Gasteiger partial charge in [-0.05, 0) is 12.5 Å². The van der Waals surface area contributed by atoms with Crippen molar-refractivity contribution in [3.8, 4) is 0 Å². The van der Waals surface area contributed by atoms with Gasteiger partial charge >= 0.3 is 6.18 Å². The van der Waals surface area contributed by atoms with Crippen molar-refractivity contribution in [1.82, 2.24) is 0 Å². The molecule has 0 aromatic rings. The van der Waals surface area contributed by atoms with Gasteiger partial charge in [-0.1, -0.05) is 33.5 Å². The minimum atomic E-state index is -4.28. The first kappa shape index (κ1) is 17.7. The van der Waals surface area contributed by atoms with Gasteiger partial charge in [0.05, 0.1) is 6.04 Å². The van der Waals surface area contributed by atoms with Crippen LogP contribution in [0.4, 0.5) is 13.2 Å². The second-order valence-electron chi connectivity index (χ2n) is 4.18. The Morgan fingerprint density at radius 1 is 1.20 bits per heavy atom. The van der Waals surface area contributed by atoms with E-state index in [-0.39, 0.29) is 44.1 Å². The smallest absolute Gasteiger partial charge is 0.390 e. The zero-order valence-corrected chi connectivity index (χ0v) is 12.5. The van der Waals surface area contributed by atoms with Crippen LogP contribution in [-0.4, -0.2) is 23.6 Å². The number of rotatable bonds is 1. The Labute approximate surface area is 114 Å². The summed E-state index contributed by atoms with van der Waals surface area (Å²) in [4.78, 5) is 4.01. The predicted octanol–water partition coefficient (Wildman–Crippen LogP) is 3.53. The average Bonchev–Trinajstić information content (AvgIpc) is 1.79. The van der Waals surface area contributed by atoms with Crippen LogP contribution in [0.5, 0.6) is 0 Å². The largest absolute Gasteiger partial charge is 0.464 e. The van der Waals surface area contributed by atoms with Crippen LogP contribution in [0.1, 0.15) is 34.6 Å². The molecule has 0 heterocycles. The Balaban J connectivity index is 0. The van der Waals surface area contributed by atoms with Crippen molar-refractivity contribution in [1.29, 1.82) is 0 Å². The molecule has 0 saturated heterocycles. The molecule has 0 aromatic heterocycles. The summed E-state index contributed by atoms with van der Waals surface area (Å²) >= 11 is 0. The quantitative estimate of drug-likeness (QED) is 0.523. The molecule has 0 aliphatic carbocycles. The van der Waals surface area contributed by atoms with Crippen LogP contribution in [-0.2, 0) is 32.7 Å². The van der Waals surface area contributed by atoms with Crippen LogP contribution in [0.2, 0.25) is 0 Å². The van der Waals surface area contributed by atoms with Crippen LogP contribution in [0.25, 0.3) is 5.32 Å². The van der Waals surface area contributed by atoms with E-state index in [0.717, 1.165) is 6.92 Å². The van der Waals surface area contributed by atoms with Gasteiger partial charge in [0.25, 0.3) is 0 Å². The first-order valence-corrected chi connectivity index (χ1v) is 4.36. The molecule has 0 aromatic carbocycles. The summed E-state index contributed by atoms with van der Waals surface area (Å²) in [7, 11) is 0. The molecular weight excluding hydrogens is 282 g/mol. The van der Waals surface area contributed by atoms with Crippen molar-refractivity contribution in [2.75, 3.05) is 0 Å². The van der Waals surface area contributed by atoms with Gasteiger partial charge in [0, 0.05) is 32.7 Å². The Kier molecular flexibility index (Phi) is 7.32. The fourth-order valence-corrected chi connectivity index (χ4v) is 0.868. The Morgan fingerprint density at radius 2 is 1.60 bits per heavy atom. The zero-order valence-electron chi connectivity index (χ0n) is 9.68. The van der Waals surface area contributed by atoms with Gasteiger partial charge in [-0.2, -0.15) is 13.2 Å². The maximum absolute atomic E-state index is 12.1. The van der Waals surface area contributed by atoms with Crippen molar-refractivity contribution in [2.24, 2.45) is 4.99 Å². The second-order valence-corrected chi connectivity index (χ2v) is 4.18. The molecule has 87 valence electrons. The molecule has 0 amide bonds. The van der Waals surface area contributed by atoms with E-state index in [9.17, 15) is 13.2 Å². The molecular formula is C9H16F3N2Y-. The topological polar surface area (TPSA) is 26.5 Å². The SMILES string of the molecule is CC(=NC(C)(C)C)[N-]C(C)C(F)(F)F.[Y]. The number of hydrogen-bond donors (Lipinski definition) is 0. The molecule has 0 rings (SSSR count). The Bertz CT molecular complexity index is 218. The van der Waals surface area contributed by atoms with Gasteiger partial charge < -0.3 is 10.3 Å². The van der Waals surface area contributed by atoms with E-state index >= 15 is 0 Å². The van der Waals surface area contributed by atoms with Gasteiger partial charge in [-0.3, -0.25) is 0 Å². The summed E-state index contributed by atoms with van der Waals surface area (Å²) in [5, 5.41) is 3.46. The molecule has 0 spiro atoms. The van der Waals surface area contributed by atoms with Crippen molar-refractivity contribution < 1.29 is 45.9 Å². The van der Waals surface area contributed by atoms with E-state index in [0.29, 0.717) is 0 Å². The fourth-order valence-electron chi connectivity index (χ4n) is 0.868. The number of alkyl halides is 3. The van der Waals surface area contributed by atoms with Crippen LogP contribution >= 0.6 is 0 Å². The monoisotopic (exact) mass is 298 g/mol. The number of halogens is 3. The molecule has 2 nitrogen and oxygen atoms in total. The van der Waals surface area contributed by atoms with Crippen LogP contribution in [0.15, 0.2) is 4.99 Å². The summed E-state index contributed by atoms with van der Waals surface area (Å²) in [6, 6.07) is -1.69. The standard InChI is InChI=1S/C9H16F3N2.Y/c1-6(9(10,11)12)13-7(2)14-8(3,4)5;/h6H,1-5H3;/q-1;. The Morgan fingerprint density at radius 3 is 1.87 bits per heavy atom. The molecule has 6 heteroatoms. The van der Waals surface area contributed by atoms with Crippen LogP contribution < -0.4 is 0 Å². The molecule has 0 fully saturated rings. The van der Waals surface area contributed by atoms with Gasteiger partial charge in [-0.15, -0.1) is 0 Å². The maximum Gasteiger partial charge on any atom is 0.390 e. The molecule has 15 heavy (non-hydrogen) atoms. The number of aliphatic imine (C=N–C) groups is 1. The van der Waals surface area contributed by atoms with Crippen molar-refractivity contribution >= 4 is 5.84 Å². The average molecular weight is 298 g/mol. The fraction of sp³-hybridized carbons (Fsp3) is 0.889. The maximum atomic E-state index is 12.1. The van der Waals surface area contributed by atoms with E-state index in [2.05, 4.69) is 10.3 Å². The van der Waals surface area contributed by atoms with Crippen LogP contribution in [0, 0.1) is 0 Å². The molecule has 1 atom stereocenters. The summed E-state index contributed by atoms with van der Waals surface area (Å²) < 4.78 is 36.3. The van der Waals surface area contributed by atoms with Gasteiger partial charge in [-0.25, -0.2) is 0 Å². The summed E-state index contributed by atoms with van der Waals surface area (Å²) in [5.74, 6) is 0.183. The third-order valence-electron chi connectivity index (χ3n) is 1.35. The third-order valence-corrected chi connectivity index (χ3v) is 1.35. The number of nitrogens with zero attached hydrogens (tertiary/aromatic N) is 2. The van der Waals surface area contributed by atoms with Gasteiger partial charge in [0.15, 0.2) is 0 Å². The molecule has 0 aliphatic rings. The first-order valence-electron chi connectivity index (χ1n) is 4.36. The second kappa shape index (κ2) is 6.19. The van der Waals surface area contributed by atoms with Crippen molar-refractivity contribution in [3.05, 3.63) is 5.32 Å². The minimum absolute atomic E-state index is 0. The van der Waals surface area contributed by atoms with E-state index in [1.165, 1.54) is 6.92 Å². The third kappa shape index (κ3) is 9.30. The first-order chi connectivity index (χ1) is 6.02. The van der Waals surface area contributed by atoms with Crippen molar-refractivity contribution in [2.45, 2.75) is 52.4 Å². The molecule has 1 unspecified atom stereocenters. The van der Waals surface area contributed by atoms with E-state index in [1.807, 2.05) is 20.8 Å². The number of amidine groups is 1. The molecule has 1 radical (unpaired) electrons.